The summed E-state index contributed by atoms with van der Waals surface area (Å²) >= 11 is 6.39. The van der Waals surface area contributed by atoms with E-state index in [1.54, 1.807) is 12.1 Å². The second-order valence-electron chi connectivity index (χ2n) is 5.10. The van der Waals surface area contributed by atoms with Gasteiger partial charge in [-0.05, 0) is 41.7 Å². The van der Waals surface area contributed by atoms with E-state index >= 15 is 0 Å². The topological polar surface area (TPSA) is 50.7 Å². The summed E-state index contributed by atoms with van der Waals surface area (Å²) in [7, 11) is 0. The molecule has 0 aromatic heterocycles. The van der Waals surface area contributed by atoms with Gasteiger partial charge >= 0.3 is 6.09 Å². The second kappa shape index (κ2) is 7.11. The Bertz CT molecular complexity index is 770. The van der Waals surface area contributed by atoms with Gasteiger partial charge in [0.1, 0.15) is 0 Å². The molecule has 0 saturated heterocycles. The summed E-state index contributed by atoms with van der Waals surface area (Å²) in [6.45, 7) is 0. The zero-order valence-electron chi connectivity index (χ0n) is 12.3. The Labute approximate surface area is 139 Å². The van der Waals surface area contributed by atoms with Crippen molar-refractivity contribution in [2.24, 2.45) is 5.16 Å². The van der Waals surface area contributed by atoms with Crippen molar-refractivity contribution in [2.75, 3.05) is 5.32 Å². The molecule has 0 bridgehead atoms. The highest BCUT2D eigenvalue weighted by Crippen LogP contribution is 2.33. The Kier molecular flexibility index (Phi) is 4.74. The first-order valence-electron chi connectivity index (χ1n) is 7.27. The third-order valence-electron chi connectivity index (χ3n) is 3.56. The van der Waals surface area contributed by atoms with Crippen molar-refractivity contribution in [3.05, 3.63) is 71.3 Å². The minimum absolute atomic E-state index is 0.639. The van der Waals surface area contributed by atoms with E-state index in [4.69, 9.17) is 16.4 Å². The van der Waals surface area contributed by atoms with Crippen LogP contribution in [0.15, 0.2) is 65.3 Å². The van der Waals surface area contributed by atoms with Crippen LogP contribution < -0.4 is 5.32 Å². The number of carbonyl (C=O) groups is 1. The lowest BCUT2D eigenvalue weighted by Gasteiger charge is -2.16. The predicted octanol–water partition coefficient (Wildman–Crippen LogP) is 4.82. The number of hydrogen-bond acceptors (Lipinski definition) is 3. The van der Waals surface area contributed by atoms with Crippen molar-refractivity contribution in [2.45, 2.75) is 12.8 Å². The third-order valence-corrected chi connectivity index (χ3v) is 4.01. The predicted molar refractivity (Wildman–Crippen MR) is 92.6 cm³/mol. The van der Waals surface area contributed by atoms with Gasteiger partial charge in [0, 0.05) is 5.69 Å². The molecule has 23 heavy (non-hydrogen) atoms. The summed E-state index contributed by atoms with van der Waals surface area (Å²) in [6, 6.07) is 17.0. The normalized spacial score (nSPS) is 13.8. The van der Waals surface area contributed by atoms with Gasteiger partial charge in [-0.3, -0.25) is 10.2 Å². The van der Waals surface area contributed by atoms with E-state index in [2.05, 4.69) is 16.5 Å². The monoisotopic (exact) mass is 326 g/mol. The first-order chi connectivity index (χ1) is 11.2. The number of nitrogens with zero attached hydrogens (tertiary/aromatic N) is 1. The number of aryl methyl sites for hydroxylation is 1. The first kappa shape index (κ1) is 15.3. The van der Waals surface area contributed by atoms with Gasteiger partial charge in [0.05, 0.1) is 11.2 Å². The molecule has 4 nitrogen and oxygen atoms in total. The van der Waals surface area contributed by atoms with Gasteiger partial charge in [-0.15, -0.1) is 0 Å². The highest BCUT2D eigenvalue weighted by atomic mass is 35.5. The minimum atomic E-state index is -0.639. The quantitative estimate of drug-likeness (QED) is 0.499. The lowest BCUT2D eigenvalue weighted by Crippen LogP contribution is -2.11. The summed E-state index contributed by atoms with van der Waals surface area (Å²) in [5, 5.41) is 6.97. The summed E-state index contributed by atoms with van der Waals surface area (Å²) < 4.78 is 0. The molecule has 0 radical (unpaired) electrons. The Hall–Kier alpha value is -2.59. The van der Waals surface area contributed by atoms with E-state index in [9.17, 15) is 4.79 Å². The number of anilines is 1. The highest BCUT2D eigenvalue weighted by Gasteiger charge is 2.16. The molecule has 116 valence electrons. The van der Waals surface area contributed by atoms with Crippen LogP contribution in [0.3, 0.4) is 0 Å². The molecule has 1 aliphatic carbocycles. The number of nitrogens with one attached hydrogen (secondary N) is 1. The van der Waals surface area contributed by atoms with Crippen molar-refractivity contribution in [3.8, 4) is 0 Å². The van der Waals surface area contributed by atoms with Crippen LogP contribution in [0.4, 0.5) is 10.5 Å². The molecule has 2 aromatic carbocycles. The van der Waals surface area contributed by atoms with Crippen LogP contribution in [-0.4, -0.2) is 12.3 Å². The minimum Gasteiger partial charge on any atom is -0.298 e. The summed E-state index contributed by atoms with van der Waals surface area (Å²) in [6.07, 6.45) is 2.52. The highest BCUT2D eigenvalue weighted by molar-refractivity contribution is 6.50. The maximum Gasteiger partial charge on any atom is 0.437 e. The summed E-state index contributed by atoms with van der Waals surface area (Å²) in [5.41, 5.74) is 3.74. The van der Waals surface area contributed by atoms with E-state index in [-0.39, 0.29) is 0 Å². The van der Waals surface area contributed by atoms with Gasteiger partial charge in [0.2, 0.25) is 0 Å². The molecule has 0 heterocycles. The van der Waals surface area contributed by atoms with Gasteiger partial charge < -0.3 is 0 Å². The van der Waals surface area contributed by atoms with Crippen LogP contribution in [0.5, 0.6) is 0 Å². The Balaban J connectivity index is 1.63. The molecule has 0 unspecified atom stereocenters. The smallest absolute Gasteiger partial charge is 0.298 e. The first-order valence-corrected chi connectivity index (χ1v) is 7.65. The average molecular weight is 327 g/mol. The molecule has 3 rings (SSSR count). The van der Waals surface area contributed by atoms with Crippen LogP contribution in [0.2, 0.25) is 0 Å². The molecule has 5 heteroatoms. The van der Waals surface area contributed by atoms with E-state index in [1.165, 1.54) is 11.8 Å². The fourth-order valence-electron chi connectivity index (χ4n) is 2.43. The van der Waals surface area contributed by atoms with Crippen molar-refractivity contribution >= 4 is 34.6 Å². The number of para-hydroxylation sites is 1. The SMILES string of the molecule is O=C(Nc1ccccc1)O/N=C/C1=C(Cl)c2ccccc2CC1. The number of fused-ring (bicyclic) bond motifs is 1. The van der Waals surface area contributed by atoms with Gasteiger partial charge in [0.25, 0.3) is 0 Å². The van der Waals surface area contributed by atoms with Crippen molar-refractivity contribution in [3.63, 3.8) is 0 Å². The van der Waals surface area contributed by atoms with E-state index in [1.807, 2.05) is 36.4 Å². The van der Waals surface area contributed by atoms with Crippen LogP contribution in [0.1, 0.15) is 17.5 Å². The number of oxime groups is 1. The molecule has 0 saturated carbocycles. The van der Waals surface area contributed by atoms with E-state index in [0.29, 0.717) is 10.7 Å². The molecule has 0 atom stereocenters. The largest absolute Gasteiger partial charge is 0.437 e. The van der Waals surface area contributed by atoms with Crippen LogP contribution >= 0.6 is 11.6 Å². The summed E-state index contributed by atoms with van der Waals surface area (Å²) in [5.74, 6) is 0. The lowest BCUT2D eigenvalue weighted by atomic mass is 9.92. The maximum atomic E-state index is 11.6. The molecule has 1 aliphatic rings. The molecule has 2 aromatic rings. The van der Waals surface area contributed by atoms with Crippen molar-refractivity contribution < 1.29 is 9.63 Å². The van der Waals surface area contributed by atoms with E-state index in [0.717, 1.165) is 24.0 Å². The molecular weight excluding hydrogens is 312 g/mol. The number of allylic oxidation sites excluding steroid dienone is 1. The maximum absolute atomic E-state index is 11.6. The third kappa shape index (κ3) is 3.79. The Morgan fingerprint density at radius 3 is 2.65 bits per heavy atom. The van der Waals surface area contributed by atoms with Gasteiger partial charge in [-0.1, -0.05) is 59.2 Å². The molecular formula is C18H15ClN2O2. The van der Waals surface area contributed by atoms with Crippen molar-refractivity contribution in [1.82, 2.24) is 0 Å². The van der Waals surface area contributed by atoms with Gasteiger partial charge in [-0.25, -0.2) is 4.79 Å². The average Bonchev–Trinajstić information content (AvgIpc) is 2.58. The Morgan fingerprint density at radius 1 is 1.09 bits per heavy atom. The lowest BCUT2D eigenvalue weighted by molar-refractivity contribution is 0.167. The van der Waals surface area contributed by atoms with Gasteiger partial charge in [0.15, 0.2) is 0 Å². The second-order valence-corrected chi connectivity index (χ2v) is 5.48. The zero-order valence-corrected chi connectivity index (χ0v) is 13.1. The molecule has 1 amide bonds. The molecule has 1 N–H and O–H groups in total. The van der Waals surface area contributed by atoms with Crippen molar-refractivity contribution in [1.29, 1.82) is 0 Å². The number of amides is 1. The number of rotatable bonds is 3. The van der Waals surface area contributed by atoms with Crippen LogP contribution in [0.25, 0.3) is 5.03 Å². The number of hydrogen-bond donors (Lipinski definition) is 1. The summed E-state index contributed by atoms with van der Waals surface area (Å²) in [4.78, 5) is 16.4. The van der Waals surface area contributed by atoms with E-state index < -0.39 is 6.09 Å². The fraction of sp³-hybridized carbons (Fsp3) is 0.111. The molecule has 0 fully saturated rings. The standard InChI is InChI=1S/C18H15ClN2O2/c19-17-14(11-10-13-6-4-5-9-16(13)17)12-20-23-18(22)21-15-7-2-1-3-8-15/h1-9,12H,10-11H2,(H,21,22)/b20-12+. The zero-order chi connectivity index (χ0) is 16.1. The Morgan fingerprint density at radius 2 is 1.83 bits per heavy atom. The number of carbonyl (C=O) groups excluding carboxylic acids is 1. The molecule has 0 spiro atoms. The number of benzene rings is 2. The number of halogens is 1. The van der Waals surface area contributed by atoms with Crippen LogP contribution in [0, 0.1) is 0 Å². The van der Waals surface area contributed by atoms with Gasteiger partial charge in [-0.2, -0.15) is 0 Å². The molecule has 0 aliphatic heterocycles. The fourth-order valence-corrected chi connectivity index (χ4v) is 2.75. The van der Waals surface area contributed by atoms with Crippen LogP contribution in [-0.2, 0) is 11.3 Å².